The van der Waals surface area contributed by atoms with Gasteiger partial charge in [0, 0.05) is 25.7 Å². The highest BCUT2D eigenvalue weighted by Crippen LogP contribution is 2.37. The summed E-state index contributed by atoms with van der Waals surface area (Å²) in [4.78, 5) is 40.7. The van der Waals surface area contributed by atoms with Crippen LogP contribution < -0.4 is 15.0 Å². The van der Waals surface area contributed by atoms with Crippen molar-refractivity contribution in [2.45, 2.75) is 25.4 Å². The van der Waals surface area contributed by atoms with Gasteiger partial charge in [0.1, 0.15) is 11.8 Å². The number of fused-ring (bicyclic) bond motifs is 3. The summed E-state index contributed by atoms with van der Waals surface area (Å²) in [6, 6.07) is 12.4. The zero-order valence-electron chi connectivity index (χ0n) is 17.6. The molecule has 1 fully saturated rings. The highest BCUT2D eigenvalue weighted by molar-refractivity contribution is 6.05. The summed E-state index contributed by atoms with van der Waals surface area (Å²) in [6.45, 7) is 0.784. The largest absolute Gasteiger partial charge is 0.496 e. The molecule has 0 unspecified atom stereocenters. The maximum Gasteiger partial charge on any atom is 0.338 e. The number of esters is 1. The second-order valence-corrected chi connectivity index (χ2v) is 7.71. The Bertz CT molecular complexity index is 1020. The molecule has 8 nitrogen and oxygen atoms in total. The van der Waals surface area contributed by atoms with Gasteiger partial charge in [0.2, 0.25) is 5.91 Å². The summed E-state index contributed by atoms with van der Waals surface area (Å²) in [5.74, 6) is -0.302. The van der Waals surface area contributed by atoms with E-state index in [-0.39, 0.29) is 30.0 Å². The maximum atomic E-state index is 12.5. The number of hydrogen-bond donors (Lipinski definition) is 1. The molecule has 2 aromatic rings. The molecule has 2 aromatic carbocycles. The van der Waals surface area contributed by atoms with Crippen molar-refractivity contribution in [3.8, 4) is 5.75 Å². The number of carbonyl (C=O) groups excluding carboxylic acids is 3. The molecular weight excluding hydrogens is 398 g/mol. The van der Waals surface area contributed by atoms with E-state index in [0.29, 0.717) is 18.0 Å². The van der Waals surface area contributed by atoms with Crippen LogP contribution >= 0.6 is 0 Å². The molecule has 4 rings (SSSR count). The minimum Gasteiger partial charge on any atom is -0.496 e. The molecule has 2 aliphatic heterocycles. The zero-order valence-corrected chi connectivity index (χ0v) is 17.6. The summed E-state index contributed by atoms with van der Waals surface area (Å²) in [7, 11) is 3.22. The predicted octanol–water partition coefficient (Wildman–Crippen LogP) is 2.43. The van der Waals surface area contributed by atoms with E-state index in [4.69, 9.17) is 9.47 Å². The van der Waals surface area contributed by atoms with Gasteiger partial charge in [0.15, 0.2) is 6.61 Å². The van der Waals surface area contributed by atoms with Crippen LogP contribution in [0.5, 0.6) is 5.75 Å². The van der Waals surface area contributed by atoms with E-state index in [2.05, 4.69) is 10.2 Å². The van der Waals surface area contributed by atoms with Crippen LogP contribution in [0.25, 0.3) is 0 Å². The average molecular weight is 423 g/mol. The molecule has 0 aromatic heterocycles. The molecular formula is C23H25N3O5. The first-order valence-electron chi connectivity index (χ1n) is 10.2. The van der Waals surface area contributed by atoms with Crippen LogP contribution in [0.2, 0.25) is 0 Å². The molecule has 1 saturated heterocycles. The van der Waals surface area contributed by atoms with Gasteiger partial charge >= 0.3 is 5.97 Å². The van der Waals surface area contributed by atoms with Crippen molar-refractivity contribution in [1.82, 2.24) is 4.90 Å². The summed E-state index contributed by atoms with van der Waals surface area (Å²) >= 11 is 0. The normalized spacial score (nSPS) is 16.8. The molecule has 0 radical (unpaired) electrons. The number of nitrogens with zero attached hydrogens (tertiary/aromatic N) is 2. The van der Waals surface area contributed by atoms with Crippen LogP contribution in [0, 0.1) is 0 Å². The Hall–Kier alpha value is -3.55. The monoisotopic (exact) mass is 423 g/mol. The number of hydrogen-bond acceptors (Lipinski definition) is 6. The van der Waals surface area contributed by atoms with Gasteiger partial charge in [0.25, 0.3) is 5.91 Å². The lowest BCUT2D eigenvalue weighted by Crippen LogP contribution is -2.43. The van der Waals surface area contributed by atoms with Crippen molar-refractivity contribution in [2.24, 2.45) is 0 Å². The van der Waals surface area contributed by atoms with Gasteiger partial charge in [-0.05, 0) is 37.1 Å². The first kappa shape index (κ1) is 20.7. The Kier molecular flexibility index (Phi) is 5.79. The molecule has 162 valence electrons. The molecule has 0 aliphatic carbocycles. The number of nitrogens with one attached hydrogen (secondary N) is 1. The second kappa shape index (κ2) is 8.67. The van der Waals surface area contributed by atoms with Crippen molar-refractivity contribution in [3.05, 3.63) is 53.6 Å². The number of ether oxygens (including phenoxy) is 2. The summed E-state index contributed by atoms with van der Waals surface area (Å²) < 4.78 is 10.5. The smallest absolute Gasteiger partial charge is 0.338 e. The van der Waals surface area contributed by atoms with Gasteiger partial charge in [-0.25, -0.2) is 4.79 Å². The van der Waals surface area contributed by atoms with E-state index in [0.717, 1.165) is 30.6 Å². The van der Waals surface area contributed by atoms with Crippen LogP contribution in [0.15, 0.2) is 42.5 Å². The van der Waals surface area contributed by atoms with Crippen LogP contribution in [-0.2, 0) is 20.9 Å². The number of rotatable bonds is 6. The number of carbonyl (C=O) groups is 3. The molecule has 0 saturated carbocycles. The third-order valence-corrected chi connectivity index (χ3v) is 5.71. The molecule has 8 heteroatoms. The highest BCUT2D eigenvalue weighted by atomic mass is 16.5. The molecule has 2 heterocycles. The molecule has 31 heavy (non-hydrogen) atoms. The van der Waals surface area contributed by atoms with E-state index in [1.165, 1.54) is 4.90 Å². The topological polar surface area (TPSA) is 88.2 Å². The lowest BCUT2D eigenvalue weighted by Gasteiger charge is -2.33. The number of benzene rings is 2. The van der Waals surface area contributed by atoms with Crippen molar-refractivity contribution in [3.63, 3.8) is 0 Å². The van der Waals surface area contributed by atoms with E-state index in [9.17, 15) is 14.4 Å². The standard InChI is InChI=1S/C23H25N3O5/c1-25(13-16-6-3-4-8-20(16)30-2)21(27)14-31-23(29)15-9-10-18-17(12-15)24-22(28)19-7-5-11-26(18)19/h3-4,6,8-10,12,19H,5,7,11,13-14H2,1-2H3,(H,24,28)/t19-/m1/s1. The maximum absolute atomic E-state index is 12.5. The molecule has 1 atom stereocenters. The number of methoxy groups -OCH3 is 1. The number of likely N-dealkylation sites (N-methyl/N-ethyl adjacent to an activating group) is 1. The summed E-state index contributed by atoms with van der Waals surface area (Å²) in [5, 5.41) is 2.87. The second-order valence-electron chi connectivity index (χ2n) is 7.71. The van der Waals surface area contributed by atoms with E-state index >= 15 is 0 Å². The lowest BCUT2D eigenvalue weighted by atomic mass is 10.1. The summed E-state index contributed by atoms with van der Waals surface area (Å²) in [6.07, 6.45) is 1.80. The van der Waals surface area contributed by atoms with Crippen molar-refractivity contribution in [2.75, 3.05) is 37.5 Å². The molecule has 0 spiro atoms. The fraction of sp³-hybridized carbons (Fsp3) is 0.348. The van der Waals surface area contributed by atoms with Crippen molar-refractivity contribution in [1.29, 1.82) is 0 Å². The average Bonchev–Trinajstić information content (AvgIpc) is 3.28. The molecule has 2 amide bonds. The van der Waals surface area contributed by atoms with E-state index < -0.39 is 5.97 Å². The third kappa shape index (κ3) is 4.19. The van der Waals surface area contributed by atoms with E-state index in [1.54, 1.807) is 26.3 Å². The van der Waals surface area contributed by atoms with Crippen molar-refractivity contribution >= 4 is 29.2 Å². The molecule has 0 bridgehead atoms. The zero-order chi connectivity index (χ0) is 22.0. The minimum absolute atomic E-state index is 0.0522. The number of anilines is 2. The van der Waals surface area contributed by atoms with Gasteiger partial charge in [-0.1, -0.05) is 18.2 Å². The first-order valence-corrected chi connectivity index (χ1v) is 10.2. The number of para-hydroxylation sites is 1. The van der Waals surface area contributed by atoms with Crippen LogP contribution in [-0.4, -0.2) is 56.0 Å². The molecule has 1 N–H and O–H groups in total. The van der Waals surface area contributed by atoms with Gasteiger partial charge < -0.3 is 24.6 Å². The lowest BCUT2D eigenvalue weighted by molar-refractivity contribution is -0.133. The Labute approximate surface area is 180 Å². The fourth-order valence-electron chi connectivity index (χ4n) is 4.06. The minimum atomic E-state index is -0.611. The Morgan fingerprint density at radius 1 is 1.23 bits per heavy atom. The Balaban J connectivity index is 1.37. The predicted molar refractivity (Wildman–Crippen MR) is 115 cm³/mol. The summed E-state index contributed by atoms with van der Waals surface area (Å²) in [5.41, 5.74) is 2.65. The van der Waals surface area contributed by atoms with Gasteiger partial charge in [-0.15, -0.1) is 0 Å². The van der Waals surface area contributed by atoms with Crippen molar-refractivity contribution < 1.29 is 23.9 Å². The Morgan fingerprint density at radius 2 is 2.03 bits per heavy atom. The van der Waals surface area contributed by atoms with Crippen LogP contribution in [0.4, 0.5) is 11.4 Å². The quantitative estimate of drug-likeness (QED) is 0.718. The van der Waals surface area contributed by atoms with Crippen LogP contribution in [0.3, 0.4) is 0 Å². The third-order valence-electron chi connectivity index (χ3n) is 5.71. The first-order chi connectivity index (χ1) is 15.0. The van der Waals surface area contributed by atoms with E-state index in [1.807, 2.05) is 30.3 Å². The molecule has 2 aliphatic rings. The van der Waals surface area contributed by atoms with Gasteiger partial charge in [0.05, 0.1) is 24.0 Å². The van der Waals surface area contributed by atoms with Gasteiger partial charge in [-0.3, -0.25) is 9.59 Å². The fourth-order valence-corrected chi connectivity index (χ4v) is 4.06. The Morgan fingerprint density at radius 3 is 2.84 bits per heavy atom. The van der Waals surface area contributed by atoms with Crippen LogP contribution in [0.1, 0.15) is 28.8 Å². The van der Waals surface area contributed by atoms with Gasteiger partial charge in [-0.2, -0.15) is 0 Å². The highest BCUT2D eigenvalue weighted by Gasteiger charge is 2.36. The number of amides is 2. The SMILES string of the molecule is COc1ccccc1CN(C)C(=O)COC(=O)c1ccc2c(c1)NC(=O)[C@H]1CCCN21.